The van der Waals surface area contributed by atoms with Crippen LogP contribution in [0.5, 0.6) is 0 Å². The van der Waals surface area contributed by atoms with Gasteiger partial charge in [0.25, 0.3) is 0 Å². The smallest absolute Gasteiger partial charge is 0.407 e. The molecule has 1 rings (SSSR count). The molecule has 1 fully saturated rings. The van der Waals surface area contributed by atoms with Gasteiger partial charge in [0, 0.05) is 12.1 Å². The lowest BCUT2D eigenvalue weighted by atomic mass is 10.0. The Morgan fingerprint density at radius 3 is 2.14 bits per heavy atom. The van der Waals surface area contributed by atoms with E-state index in [-0.39, 0.29) is 24.1 Å². The molecule has 6 nitrogen and oxygen atoms in total. The maximum Gasteiger partial charge on any atom is 0.407 e. The molecule has 0 aromatic carbocycles. The molecule has 0 aliphatic heterocycles. The van der Waals surface area contributed by atoms with Crippen molar-refractivity contribution in [3.8, 4) is 0 Å². The van der Waals surface area contributed by atoms with Crippen LogP contribution < -0.4 is 10.6 Å². The molecule has 2 unspecified atom stereocenters. The van der Waals surface area contributed by atoms with Crippen molar-refractivity contribution in [2.45, 2.75) is 77.1 Å². The minimum Gasteiger partial charge on any atom is -0.468 e. The fraction of sp³-hybridized carbons (Fsp3) is 0.867. The van der Waals surface area contributed by atoms with Crippen LogP contribution in [0.3, 0.4) is 0 Å². The van der Waals surface area contributed by atoms with Crippen LogP contribution in [-0.2, 0) is 14.3 Å². The second-order valence-corrected chi connectivity index (χ2v) is 7.11. The number of methoxy groups -OCH3 is 1. The first-order chi connectivity index (χ1) is 9.53. The molecular formula is C15H28N2O4. The van der Waals surface area contributed by atoms with E-state index in [1.54, 1.807) is 13.8 Å². The van der Waals surface area contributed by atoms with Crippen LogP contribution in [0.25, 0.3) is 0 Å². The van der Waals surface area contributed by atoms with Gasteiger partial charge in [-0.1, -0.05) is 0 Å². The first kappa shape index (κ1) is 17.8. The summed E-state index contributed by atoms with van der Waals surface area (Å²) in [6.45, 7) is 9.11. The van der Waals surface area contributed by atoms with E-state index < -0.39 is 11.1 Å². The number of carbonyl (C=O) groups is 2. The SMILES string of the molecule is COC(=O)C(C)(C)NC1CCC(NC(=O)OC(C)(C)C)C1. The van der Waals surface area contributed by atoms with Gasteiger partial charge in [-0.15, -0.1) is 0 Å². The summed E-state index contributed by atoms with van der Waals surface area (Å²) in [6, 6.07) is 0.254. The quantitative estimate of drug-likeness (QED) is 0.776. The molecule has 122 valence electrons. The largest absolute Gasteiger partial charge is 0.468 e. The topological polar surface area (TPSA) is 76.7 Å². The summed E-state index contributed by atoms with van der Waals surface area (Å²) in [6.07, 6.45) is 2.16. The number of hydrogen-bond acceptors (Lipinski definition) is 5. The second kappa shape index (κ2) is 6.64. The predicted molar refractivity (Wildman–Crippen MR) is 80.0 cm³/mol. The monoisotopic (exact) mass is 300 g/mol. The van der Waals surface area contributed by atoms with E-state index in [0.29, 0.717) is 0 Å². The zero-order valence-electron chi connectivity index (χ0n) is 13.9. The molecule has 1 aliphatic carbocycles. The van der Waals surface area contributed by atoms with E-state index in [1.807, 2.05) is 20.8 Å². The zero-order valence-corrected chi connectivity index (χ0v) is 13.9. The molecule has 21 heavy (non-hydrogen) atoms. The van der Waals surface area contributed by atoms with Crippen LogP contribution in [0.1, 0.15) is 53.9 Å². The van der Waals surface area contributed by atoms with Crippen molar-refractivity contribution in [3.63, 3.8) is 0 Å². The van der Waals surface area contributed by atoms with Crippen molar-refractivity contribution >= 4 is 12.1 Å². The molecule has 0 bridgehead atoms. The summed E-state index contributed by atoms with van der Waals surface area (Å²) < 4.78 is 10.0. The molecule has 6 heteroatoms. The summed E-state index contributed by atoms with van der Waals surface area (Å²) in [5.41, 5.74) is -1.21. The molecular weight excluding hydrogens is 272 g/mol. The Hall–Kier alpha value is -1.30. The maximum absolute atomic E-state index is 11.7. The Bertz CT molecular complexity index is 388. The van der Waals surface area contributed by atoms with Crippen molar-refractivity contribution < 1.29 is 19.1 Å². The number of amides is 1. The molecule has 0 spiro atoms. The summed E-state index contributed by atoms with van der Waals surface area (Å²) in [5.74, 6) is -0.286. The summed E-state index contributed by atoms with van der Waals surface area (Å²) in [4.78, 5) is 23.4. The molecule has 1 saturated carbocycles. The Kier molecular flexibility index (Phi) is 5.61. The van der Waals surface area contributed by atoms with E-state index >= 15 is 0 Å². The van der Waals surface area contributed by atoms with E-state index in [2.05, 4.69) is 10.6 Å². The molecule has 2 N–H and O–H groups in total. The molecule has 0 heterocycles. The molecule has 2 atom stereocenters. The Labute approximate surface area is 126 Å². The average Bonchev–Trinajstić information content (AvgIpc) is 2.71. The summed E-state index contributed by atoms with van der Waals surface area (Å²) >= 11 is 0. The van der Waals surface area contributed by atoms with Crippen LogP contribution in [0.2, 0.25) is 0 Å². The van der Waals surface area contributed by atoms with Crippen LogP contribution in [0.15, 0.2) is 0 Å². The number of esters is 1. The van der Waals surface area contributed by atoms with Gasteiger partial charge in [-0.2, -0.15) is 0 Å². The third kappa shape index (κ3) is 5.91. The maximum atomic E-state index is 11.7. The van der Waals surface area contributed by atoms with Gasteiger partial charge in [-0.3, -0.25) is 10.1 Å². The van der Waals surface area contributed by atoms with Crippen molar-refractivity contribution in [3.05, 3.63) is 0 Å². The minimum atomic E-state index is -0.722. The zero-order chi connectivity index (χ0) is 16.3. The van der Waals surface area contributed by atoms with Gasteiger partial charge < -0.3 is 14.8 Å². The van der Waals surface area contributed by atoms with E-state index in [0.717, 1.165) is 19.3 Å². The number of rotatable bonds is 4. The molecule has 0 aromatic heterocycles. The molecule has 0 radical (unpaired) electrons. The lowest BCUT2D eigenvalue weighted by Crippen LogP contribution is -2.51. The average molecular weight is 300 g/mol. The van der Waals surface area contributed by atoms with Crippen molar-refractivity contribution in [1.29, 1.82) is 0 Å². The number of hydrogen-bond donors (Lipinski definition) is 2. The van der Waals surface area contributed by atoms with Gasteiger partial charge in [0.15, 0.2) is 0 Å². The number of nitrogens with one attached hydrogen (secondary N) is 2. The number of alkyl carbamates (subject to hydrolysis) is 1. The van der Waals surface area contributed by atoms with Crippen molar-refractivity contribution in [2.24, 2.45) is 0 Å². The van der Waals surface area contributed by atoms with Gasteiger partial charge in [0.05, 0.1) is 7.11 Å². The van der Waals surface area contributed by atoms with E-state index in [4.69, 9.17) is 9.47 Å². The normalized spacial score (nSPS) is 22.8. The summed E-state index contributed by atoms with van der Waals surface area (Å²) in [7, 11) is 1.38. The Morgan fingerprint density at radius 2 is 1.62 bits per heavy atom. The van der Waals surface area contributed by atoms with Crippen molar-refractivity contribution in [2.75, 3.05) is 7.11 Å². The molecule has 0 aromatic rings. The Morgan fingerprint density at radius 1 is 1.05 bits per heavy atom. The van der Waals surface area contributed by atoms with Gasteiger partial charge in [0.2, 0.25) is 0 Å². The highest BCUT2D eigenvalue weighted by Crippen LogP contribution is 2.22. The second-order valence-electron chi connectivity index (χ2n) is 7.11. The third-order valence-electron chi connectivity index (χ3n) is 3.41. The molecule has 0 saturated heterocycles. The Balaban J connectivity index is 2.43. The van der Waals surface area contributed by atoms with Crippen LogP contribution >= 0.6 is 0 Å². The van der Waals surface area contributed by atoms with Gasteiger partial charge in [-0.05, 0) is 53.9 Å². The lowest BCUT2D eigenvalue weighted by Gasteiger charge is -2.27. The van der Waals surface area contributed by atoms with Crippen LogP contribution in [0.4, 0.5) is 4.79 Å². The first-order valence-electron chi connectivity index (χ1n) is 7.39. The highest BCUT2D eigenvalue weighted by atomic mass is 16.6. The van der Waals surface area contributed by atoms with E-state index in [1.165, 1.54) is 7.11 Å². The fourth-order valence-electron chi connectivity index (χ4n) is 2.54. The fourth-order valence-corrected chi connectivity index (χ4v) is 2.54. The minimum absolute atomic E-state index is 0.0748. The highest BCUT2D eigenvalue weighted by molar-refractivity contribution is 5.79. The lowest BCUT2D eigenvalue weighted by molar-refractivity contribution is -0.147. The predicted octanol–water partition coefficient (Wildman–Crippen LogP) is 1.97. The van der Waals surface area contributed by atoms with Gasteiger partial charge in [-0.25, -0.2) is 4.79 Å². The van der Waals surface area contributed by atoms with Gasteiger partial charge >= 0.3 is 12.1 Å². The van der Waals surface area contributed by atoms with Crippen molar-refractivity contribution in [1.82, 2.24) is 10.6 Å². The summed E-state index contributed by atoms with van der Waals surface area (Å²) in [5, 5.41) is 6.17. The third-order valence-corrected chi connectivity index (χ3v) is 3.41. The van der Waals surface area contributed by atoms with Crippen LogP contribution in [-0.4, -0.2) is 42.4 Å². The number of carbonyl (C=O) groups excluding carboxylic acids is 2. The van der Waals surface area contributed by atoms with Crippen LogP contribution in [0, 0.1) is 0 Å². The highest BCUT2D eigenvalue weighted by Gasteiger charge is 2.35. The first-order valence-corrected chi connectivity index (χ1v) is 7.39. The number of ether oxygens (including phenoxy) is 2. The molecule has 1 amide bonds. The molecule has 1 aliphatic rings. The van der Waals surface area contributed by atoms with E-state index in [9.17, 15) is 9.59 Å². The van der Waals surface area contributed by atoms with Gasteiger partial charge in [0.1, 0.15) is 11.1 Å². The standard InChI is InChI=1S/C15H28N2O4/c1-14(2,3)21-13(19)16-10-7-8-11(9-10)17-15(4,5)12(18)20-6/h10-11,17H,7-9H2,1-6H3,(H,16,19).